The summed E-state index contributed by atoms with van der Waals surface area (Å²) < 4.78 is 11.3. The third-order valence-corrected chi connectivity index (χ3v) is 4.09. The van der Waals surface area contributed by atoms with Crippen molar-refractivity contribution in [2.75, 3.05) is 13.2 Å². The zero-order chi connectivity index (χ0) is 19.1. The summed E-state index contributed by atoms with van der Waals surface area (Å²) in [6, 6.07) is 6.45. The SMILES string of the molecule is C=C1NC(=O)N[C@H](c2ccccc2OCCCC)[C@H]1C(=O)OCC(C)C. The highest BCUT2D eigenvalue weighted by Gasteiger charge is 2.40. The molecule has 2 atom stereocenters. The third kappa shape index (κ3) is 5.00. The predicted molar refractivity (Wildman–Crippen MR) is 99.7 cm³/mol. The van der Waals surface area contributed by atoms with Crippen molar-refractivity contribution in [1.29, 1.82) is 0 Å². The lowest BCUT2D eigenvalue weighted by atomic mass is 9.88. The van der Waals surface area contributed by atoms with Gasteiger partial charge in [0.1, 0.15) is 11.7 Å². The first-order chi connectivity index (χ1) is 12.4. The molecule has 6 nitrogen and oxygen atoms in total. The molecule has 142 valence electrons. The molecule has 1 aliphatic rings. The monoisotopic (exact) mass is 360 g/mol. The van der Waals surface area contributed by atoms with Gasteiger partial charge in [0.05, 0.1) is 19.3 Å². The number of carbonyl (C=O) groups excluding carboxylic acids is 2. The molecule has 0 radical (unpaired) electrons. The minimum absolute atomic E-state index is 0.224. The van der Waals surface area contributed by atoms with Gasteiger partial charge in [-0.25, -0.2) is 4.79 Å². The summed E-state index contributed by atoms with van der Waals surface area (Å²) in [4.78, 5) is 24.6. The van der Waals surface area contributed by atoms with E-state index >= 15 is 0 Å². The molecule has 1 aliphatic heterocycles. The van der Waals surface area contributed by atoms with E-state index in [0.29, 0.717) is 24.7 Å². The van der Waals surface area contributed by atoms with Crippen LogP contribution in [0.5, 0.6) is 5.75 Å². The fraction of sp³-hybridized carbons (Fsp3) is 0.500. The number of para-hydroxylation sites is 1. The number of carbonyl (C=O) groups is 2. The molecule has 6 heteroatoms. The van der Waals surface area contributed by atoms with Gasteiger partial charge in [-0.1, -0.05) is 52.0 Å². The Morgan fingerprint density at radius 1 is 1.31 bits per heavy atom. The Hall–Kier alpha value is -2.50. The highest BCUT2D eigenvalue weighted by Crippen LogP contribution is 2.35. The van der Waals surface area contributed by atoms with E-state index in [-0.39, 0.29) is 5.92 Å². The molecular formula is C20H28N2O4. The second-order valence-electron chi connectivity index (χ2n) is 6.84. The molecule has 1 aromatic carbocycles. The van der Waals surface area contributed by atoms with Crippen LogP contribution in [0.4, 0.5) is 4.79 Å². The van der Waals surface area contributed by atoms with Gasteiger partial charge in [0, 0.05) is 11.3 Å². The van der Waals surface area contributed by atoms with Crippen molar-refractivity contribution in [3.63, 3.8) is 0 Å². The Kier molecular flexibility index (Phi) is 7.06. The number of unbranched alkanes of at least 4 members (excludes halogenated alkanes) is 1. The molecule has 0 aliphatic carbocycles. The summed E-state index contributed by atoms with van der Waals surface area (Å²) in [5.41, 5.74) is 1.07. The van der Waals surface area contributed by atoms with Crippen molar-refractivity contribution >= 4 is 12.0 Å². The molecule has 2 amide bonds. The standard InChI is InChI=1S/C20H28N2O4/c1-5-6-11-25-16-10-8-7-9-15(16)18-17(14(4)21-20(24)22-18)19(23)26-12-13(2)3/h7-10,13,17-18H,4-6,11-12H2,1-3H3,(H2,21,22,24)/t17-,18+/m0/s1. The van der Waals surface area contributed by atoms with Gasteiger partial charge in [-0.2, -0.15) is 0 Å². The van der Waals surface area contributed by atoms with E-state index in [2.05, 4.69) is 24.1 Å². The molecule has 1 fully saturated rings. The molecular weight excluding hydrogens is 332 g/mol. The van der Waals surface area contributed by atoms with E-state index in [4.69, 9.17) is 9.47 Å². The Balaban J connectivity index is 2.29. The maximum Gasteiger partial charge on any atom is 0.319 e. The van der Waals surface area contributed by atoms with E-state index in [1.54, 1.807) is 0 Å². The van der Waals surface area contributed by atoms with Crippen LogP contribution in [-0.2, 0) is 9.53 Å². The first kappa shape index (κ1) is 19.8. The minimum Gasteiger partial charge on any atom is -0.493 e. The number of amides is 2. The van der Waals surface area contributed by atoms with Crippen LogP contribution in [0, 0.1) is 11.8 Å². The number of esters is 1. The van der Waals surface area contributed by atoms with Crippen LogP contribution < -0.4 is 15.4 Å². The summed E-state index contributed by atoms with van der Waals surface area (Å²) >= 11 is 0. The van der Waals surface area contributed by atoms with E-state index in [1.165, 1.54) is 0 Å². The first-order valence-electron chi connectivity index (χ1n) is 9.08. The molecule has 0 aromatic heterocycles. The van der Waals surface area contributed by atoms with Crippen LogP contribution in [0.25, 0.3) is 0 Å². The Morgan fingerprint density at radius 2 is 2.04 bits per heavy atom. The lowest BCUT2D eigenvalue weighted by molar-refractivity contribution is -0.149. The maximum atomic E-state index is 12.7. The van der Waals surface area contributed by atoms with E-state index in [9.17, 15) is 9.59 Å². The van der Waals surface area contributed by atoms with Gasteiger partial charge >= 0.3 is 12.0 Å². The Morgan fingerprint density at radius 3 is 2.73 bits per heavy atom. The van der Waals surface area contributed by atoms with Gasteiger partial charge in [0.25, 0.3) is 0 Å². The molecule has 1 aromatic rings. The largest absolute Gasteiger partial charge is 0.493 e. The van der Waals surface area contributed by atoms with Crippen LogP contribution in [0.1, 0.15) is 45.2 Å². The predicted octanol–water partition coefficient (Wildman–Crippen LogP) is 3.55. The number of ether oxygens (including phenoxy) is 2. The molecule has 2 N–H and O–H groups in total. The average Bonchev–Trinajstić information content (AvgIpc) is 2.59. The number of rotatable bonds is 8. The molecule has 0 bridgehead atoms. The highest BCUT2D eigenvalue weighted by atomic mass is 16.5. The second-order valence-corrected chi connectivity index (χ2v) is 6.84. The summed E-state index contributed by atoms with van der Waals surface area (Å²) in [5, 5.41) is 5.40. The molecule has 0 saturated carbocycles. The zero-order valence-electron chi connectivity index (χ0n) is 15.7. The van der Waals surface area contributed by atoms with Crippen LogP contribution in [0.2, 0.25) is 0 Å². The van der Waals surface area contributed by atoms with Crippen LogP contribution >= 0.6 is 0 Å². The number of hydrogen-bond acceptors (Lipinski definition) is 4. The normalized spacial score (nSPS) is 19.7. The molecule has 1 saturated heterocycles. The van der Waals surface area contributed by atoms with Crippen LogP contribution in [0.15, 0.2) is 36.5 Å². The number of urea groups is 1. The third-order valence-electron chi connectivity index (χ3n) is 4.09. The van der Waals surface area contributed by atoms with Gasteiger partial charge in [-0.05, 0) is 18.4 Å². The van der Waals surface area contributed by atoms with Gasteiger partial charge < -0.3 is 20.1 Å². The van der Waals surface area contributed by atoms with Crippen molar-refractivity contribution in [2.24, 2.45) is 11.8 Å². The fourth-order valence-electron chi connectivity index (χ4n) is 2.76. The molecule has 0 unspecified atom stereocenters. The zero-order valence-corrected chi connectivity index (χ0v) is 15.7. The van der Waals surface area contributed by atoms with Gasteiger partial charge in [0.15, 0.2) is 0 Å². The molecule has 0 spiro atoms. The Bertz CT molecular complexity index is 657. The van der Waals surface area contributed by atoms with E-state index < -0.39 is 24.0 Å². The van der Waals surface area contributed by atoms with E-state index in [0.717, 1.165) is 18.4 Å². The topological polar surface area (TPSA) is 76.7 Å². The molecule has 26 heavy (non-hydrogen) atoms. The highest BCUT2D eigenvalue weighted by molar-refractivity contribution is 5.85. The van der Waals surface area contributed by atoms with Crippen molar-refractivity contribution in [2.45, 2.75) is 39.7 Å². The number of hydrogen-bond donors (Lipinski definition) is 2. The number of benzene rings is 1. The smallest absolute Gasteiger partial charge is 0.319 e. The Labute approximate surface area is 154 Å². The number of nitrogens with one attached hydrogen (secondary N) is 2. The quantitative estimate of drug-likeness (QED) is 0.549. The van der Waals surface area contributed by atoms with Gasteiger partial charge in [-0.15, -0.1) is 0 Å². The van der Waals surface area contributed by atoms with Crippen LogP contribution in [0.3, 0.4) is 0 Å². The summed E-state index contributed by atoms with van der Waals surface area (Å²) in [5.74, 6) is -0.254. The minimum atomic E-state index is -0.720. The van der Waals surface area contributed by atoms with Crippen molar-refractivity contribution in [3.05, 3.63) is 42.1 Å². The average molecular weight is 360 g/mol. The second kappa shape index (κ2) is 9.27. The van der Waals surface area contributed by atoms with Crippen LogP contribution in [-0.4, -0.2) is 25.2 Å². The van der Waals surface area contributed by atoms with Crippen molar-refractivity contribution in [1.82, 2.24) is 10.6 Å². The summed E-state index contributed by atoms with van der Waals surface area (Å²) in [7, 11) is 0. The lowest BCUT2D eigenvalue weighted by Crippen LogP contribution is -2.51. The van der Waals surface area contributed by atoms with Crippen molar-refractivity contribution < 1.29 is 19.1 Å². The first-order valence-corrected chi connectivity index (χ1v) is 9.08. The lowest BCUT2D eigenvalue weighted by Gasteiger charge is -2.34. The maximum absolute atomic E-state index is 12.7. The molecule has 2 rings (SSSR count). The van der Waals surface area contributed by atoms with E-state index in [1.807, 2.05) is 38.1 Å². The van der Waals surface area contributed by atoms with Gasteiger partial charge in [0.2, 0.25) is 0 Å². The summed E-state index contributed by atoms with van der Waals surface area (Å²) in [6.07, 6.45) is 1.95. The summed E-state index contributed by atoms with van der Waals surface area (Å²) in [6.45, 7) is 10.8. The molecule has 1 heterocycles. The fourth-order valence-corrected chi connectivity index (χ4v) is 2.76. The van der Waals surface area contributed by atoms with Crippen molar-refractivity contribution in [3.8, 4) is 5.75 Å². The van der Waals surface area contributed by atoms with Gasteiger partial charge in [-0.3, -0.25) is 4.79 Å².